The van der Waals surface area contributed by atoms with Crippen LogP contribution in [0, 0.1) is 0 Å². The van der Waals surface area contributed by atoms with Crippen LogP contribution < -0.4 is 4.74 Å². The lowest BCUT2D eigenvalue weighted by atomic mass is 10.0. The van der Waals surface area contributed by atoms with Crippen molar-refractivity contribution in [2.24, 2.45) is 0 Å². The van der Waals surface area contributed by atoms with E-state index < -0.39 is 0 Å². The summed E-state index contributed by atoms with van der Waals surface area (Å²) in [6, 6.07) is 9.20. The lowest BCUT2D eigenvalue weighted by Crippen LogP contribution is -2.19. The summed E-state index contributed by atoms with van der Waals surface area (Å²) >= 11 is 0. The molecule has 0 spiro atoms. The van der Waals surface area contributed by atoms with Gasteiger partial charge >= 0.3 is 5.97 Å². The molecule has 0 fully saturated rings. The van der Waals surface area contributed by atoms with Crippen LogP contribution >= 0.6 is 0 Å². The molecule has 92 valence electrons. The molecule has 18 heavy (non-hydrogen) atoms. The average molecular weight is 244 g/mol. The summed E-state index contributed by atoms with van der Waals surface area (Å²) in [5, 5.41) is 0. The zero-order valence-corrected chi connectivity index (χ0v) is 9.67. The Labute approximate surface area is 104 Å². The summed E-state index contributed by atoms with van der Waals surface area (Å²) in [6.07, 6.45) is 3.25. The lowest BCUT2D eigenvalue weighted by molar-refractivity contribution is 0.0192. The Bertz CT molecular complexity index is 545. The summed E-state index contributed by atoms with van der Waals surface area (Å²) in [4.78, 5) is 11.9. The molecule has 0 bridgehead atoms. The molecule has 0 amide bonds. The van der Waals surface area contributed by atoms with E-state index in [1.165, 1.54) is 12.5 Å². The largest absolute Gasteiger partial charge is 0.493 e. The first-order valence-electron chi connectivity index (χ1n) is 5.79. The molecule has 0 saturated carbocycles. The second kappa shape index (κ2) is 4.56. The van der Waals surface area contributed by atoms with E-state index in [0.717, 1.165) is 11.3 Å². The summed E-state index contributed by atoms with van der Waals surface area (Å²) in [5.74, 6) is 0.416. The first kappa shape index (κ1) is 10.9. The number of esters is 1. The molecule has 2 aromatic rings. The predicted octanol–water partition coefficient (Wildman–Crippen LogP) is 2.96. The van der Waals surface area contributed by atoms with E-state index in [0.29, 0.717) is 18.6 Å². The molecule has 1 aromatic carbocycles. The van der Waals surface area contributed by atoms with Crippen LogP contribution in [0.5, 0.6) is 5.75 Å². The number of hydrogen-bond acceptors (Lipinski definition) is 4. The van der Waals surface area contributed by atoms with Gasteiger partial charge in [0.1, 0.15) is 18.1 Å². The monoisotopic (exact) mass is 244 g/mol. The maximum Gasteiger partial charge on any atom is 0.342 e. The van der Waals surface area contributed by atoms with E-state index >= 15 is 0 Å². The van der Waals surface area contributed by atoms with Gasteiger partial charge in [0, 0.05) is 12.0 Å². The highest BCUT2D eigenvalue weighted by atomic mass is 16.6. The van der Waals surface area contributed by atoms with Crippen LogP contribution in [0.15, 0.2) is 47.3 Å². The van der Waals surface area contributed by atoms with E-state index in [2.05, 4.69) is 0 Å². The number of fused-ring (bicyclic) bond motifs is 1. The third-order valence-electron chi connectivity index (χ3n) is 2.91. The zero-order chi connectivity index (χ0) is 12.4. The van der Waals surface area contributed by atoms with Gasteiger partial charge in [0.05, 0.1) is 18.4 Å². The third-order valence-corrected chi connectivity index (χ3v) is 2.91. The lowest BCUT2D eigenvalue weighted by Gasteiger charge is -2.25. The van der Waals surface area contributed by atoms with Gasteiger partial charge in [0.25, 0.3) is 0 Å². The highest BCUT2D eigenvalue weighted by Crippen LogP contribution is 2.34. The molecule has 3 rings (SSSR count). The average Bonchev–Trinajstić information content (AvgIpc) is 2.93. The second-order valence-electron chi connectivity index (χ2n) is 4.08. The number of ether oxygens (including phenoxy) is 2. The molecule has 0 radical (unpaired) electrons. The quantitative estimate of drug-likeness (QED) is 0.762. The van der Waals surface area contributed by atoms with Crippen molar-refractivity contribution in [2.45, 2.75) is 12.5 Å². The first-order chi connectivity index (χ1) is 8.84. The van der Waals surface area contributed by atoms with Crippen molar-refractivity contribution in [2.75, 3.05) is 6.61 Å². The van der Waals surface area contributed by atoms with Gasteiger partial charge in [-0.3, -0.25) is 0 Å². The Hall–Kier alpha value is -2.23. The molecule has 0 N–H and O–H groups in total. The molecule has 1 aliphatic rings. The maximum atomic E-state index is 11.9. The molecule has 1 aliphatic heterocycles. The molecule has 4 nitrogen and oxygen atoms in total. The molecule has 0 saturated heterocycles. The van der Waals surface area contributed by atoms with Crippen molar-refractivity contribution in [1.29, 1.82) is 0 Å². The van der Waals surface area contributed by atoms with Crippen LogP contribution in [0.25, 0.3) is 0 Å². The summed E-state index contributed by atoms with van der Waals surface area (Å²) in [5.41, 5.74) is 1.35. The smallest absolute Gasteiger partial charge is 0.342 e. The molecule has 0 aliphatic carbocycles. The Morgan fingerprint density at radius 1 is 1.28 bits per heavy atom. The number of benzene rings is 1. The van der Waals surface area contributed by atoms with Gasteiger partial charge in [0.2, 0.25) is 0 Å². The van der Waals surface area contributed by atoms with E-state index in [1.54, 1.807) is 6.07 Å². The van der Waals surface area contributed by atoms with Gasteiger partial charge in [0.15, 0.2) is 0 Å². The van der Waals surface area contributed by atoms with Crippen LogP contribution in [0.3, 0.4) is 0 Å². The highest BCUT2D eigenvalue weighted by molar-refractivity contribution is 5.89. The fourth-order valence-electron chi connectivity index (χ4n) is 2.01. The van der Waals surface area contributed by atoms with Crippen LogP contribution in [-0.2, 0) is 4.74 Å². The van der Waals surface area contributed by atoms with Gasteiger partial charge in [-0.2, -0.15) is 0 Å². The third kappa shape index (κ3) is 1.97. The molecule has 1 atom stereocenters. The highest BCUT2D eigenvalue weighted by Gasteiger charge is 2.25. The summed E-state index contributed by atoms with van der Waals surface area (Å²) < 4.78 is 15.9. The fourth-order valence-corrected chi connectivity index (χ4v) is 2.01. The van der Waals surface area contributed by atoms with Crippen LogP contribution in [0.1, 0.15) is 28.4 Å². The SMILES string of the molecule is O=C(O[C@H]1CCOc2ccccc21)c1ccoc1. The van der Waals surface area contributed by atoms with Crippen molar-refractivity contribution < 1.29 is 18.7 Å². The van der Waals surface area contributed by atoms with Gasteiger partial charge in [-0.25, -0.2) is 4.79 Å². The molecule has 0 unspecified atom stereocenters. The van der Waals surface area contributed by atoms with Crippen molar-refractivity contribution in [3.05, 3.63) is 54.0 Å². The van der Waals surface area contributed by atoms with E-state index in [-0.39, 0.29) is 12.1 Å². The van der Waals surface area contributed by atoms with Gasteiger partial charge in [-0.15, -0.1) is 0 Å². The van der Waals surface area contributed by atoms with E-state index in [1.807, 2.05) is 24.3 Å². The van der Waals surface area contributed by atoms with Crippen LogP contribution in [-0.4, -0.2) is 12.6 Å². The minimum atomic E-state index is -0.370. The summed E-state index contributed by atoms with van der Waals surface area (Å²) in [6.45, 7) is 0.556. The predicted molar refractivity (Wildman–Crippen MR) is 63.4 cm³/mol. The van der Waals surface area contributed by atoms with Crippen molar-refractivity contribution in [3.8, 4) is 5.75 Å². The Morgan fingerprint density at radius 2 is 2.17 bits per heavy atom. The molecule has 2 heterocycles. The molecule has 1 aromatic heterocycles. The van der Waals surface area contributed by atoms with Crippen molar-refractivity contribution in [3.63, 3.8) is 0 Å². The number of rotatable bonds is 2. The molecular formula is C14H12O4. The minimum Gasteiger partial charge on any atom is -0.493 e. The van der Waals surface area contributed by atoms with E-state index in [9.17, 15) is 4.79 Å². The van der Waals surface area contributed by atoms with Gasteiger partial charge in [-0.1, -0.05) is 18.2 Å². The summed E-state index contributed by atoms with van der Waals surface area (Å²) in [7, 11) is 0. The molecular weight excluding hydrogens is 232 g/mol. The normalized spacial score (nSPS) is 17.7. The zero-order valence-electron chi connectivity index (χ0n) is 9.67. The number of carbonyl (C=O) groups is 1. The Kier molecular flexibility index (Phi) is 2.76. The van der Waals surface area contributed by atoms with Crippen molar-refractivity contribution >= 4 is 5.97 Å². The number of para-hydroxylation sites is 1. The topological polar surface area (TPSA) is 48.7 Å². The number of furan rings is 1. The van der Waals surface area contributed by atoms with Crippen LogP contribution in [0.2, 0.25) is 0 Å². The Balaban J connectivity index is 1.80. The Morgan fingerprint density at radius 3 is 3.00 bits per heavy atom. The fraction of sp³-hybridized carbons (Fsp3) is 0.214. The minimum absolute atomic E-state index is 0.252. The van der Waals surface area contributed by atoms with Gasteiger partial charge in [-0.05, 0) is 12.1 Å². The van der Waals surface area contributed by atoms with Crippen LogP contribution in [0.4, 0.5) is 0 Å². The van der Waals surface area contributed by atoms with E-state index in [4.69, 9.17) is 13.9 Å². The van der Waals surface area contributed by atoms with Crippen molar-refractivity contribution in [1.82, 2.24) is 0 Å². The first-order valence-corrected chi connectivity index (χ1v) is 5.79. The molecule has 4 heteroatoms. The second-order valence-corrected chi connectivity index (χ2v) is 4.08. The maximum absolute atomic E-state index is 11.9. The standard InChI is InChI=1S/C14H12O4/c15-14(10-5-7-16-9-10)18-13-6-8-17-12-4-2-1-3-11(12)13/h1-5,7,9,13H,6,8H2/t13-/m0/s1. The number of carbonyl (C=O) groups excluding carboxylic acids is 1. The number of hydrogen-bond donors (Lipinski definition) is 0. The van der Waals surface area contributed by atoms with Gasteiger partial charge < -0.3 is 13.9 Å².